The number of pyridine rings is 2. The molecular formula is C22H28N8O3. The highest BCUT2D eigenvalue weighted by atomic mass is 16.6. The van der Waals surface area contributed by atoms with Gasteiger partial charge in [0.1, 0.15) is 17.2 Å². The number of ether oxygens (including phenoxy) is 1. The first-order valence-corrected chi connectivity index (χ1v) is 10.8. The summed E-state index contributed by atoms with van der Waals surface area (Å²) in [6.45, 7) is 8.36. The summed E-state index contributed by atoms with van der Waals surface area (Å²) in [6.07, 6.45) is 3.01. The standard InChI is InChI=1S/C22H28N8O3/c1-22(2,3)33-21(32)30-10-8-29(9-11-30)19-5-4-15-13-23-18(12-17(15)26-19)27-20(31)24-14-16-6-7-25-28-16/h4-7,12-13H,8-11,14H2,1-3H3,(H,25,28)(H2,23,24,27,31). The third-order valence-electron chi connectivity index (χ3n) is 5.05. The Hall–Kier alpha value is -3.89. The molecule has 3 aromatic heterocycles. The number of hydrogen-bond acceptors (Lipinski definition) is 7. The molecule has 11 heteroatoms. The highest BCUT2D eigenvalue weighted by Gasteiger charge is 2.26. The van der Waals surface area contributed by atoms with Crippen molar-refractivity contribution >= 4 is 34.7 Å². The number of aromatic amines is 1. The van der Waals surface area contributed by atoms with Crippen LogP contribution in [0.25, 0.3) is 10.9 Å². The summed E-state index contributed by atoms with van der Waals surface area (Å²) in [5.41, 5.74) is 1.01. The van der Waals surface area contributed by atoms with Crippen molar-refractivity contribution in [2.24, 2.45) is 0 Å². The monoisotopic (exact) mass is 452 g/mol. The van der Waals surface area contributed by atoms with Crippen LogP contribution in [-0.4, -0.2) is 69.0 Å². The Labute approximate surface area is 191 Å². The van der Waals surface area contributed by atoms with E-state index in [1.807, 2.05) is 32.9 Å². The summed E-state index contributed by atoms with van der Waals surface area (Å²) in [7, 11) is 0. The summed E-state index contributed by atoms with van der Waals surface area (Å²) in [4.78, 5) is 37.3. The molecule has 0 radical (unpaired) electrons. The molecule has 4 rings (SSSR count). The normalized spacial score (nSPS) is 14.3. The van der Waals surface area contributed by atoms with Crippen molar-refractivity contribution in [2.75, 3.05) is 36.4 Å². The summed E-state index contributed by atoms with van der Waals surface area (Å²) in [5, 5.41) is 13.0. The molecule has 0 saturated carbocycles. The number of rotatable bonds is 4. The van der Waals surface area contributed by atoms with E-state index in [4.69, 9.17) is 9.72 Å². The Bertz CT molecular complexity index is 1120. The molecule has 174 valence electrons. The molecule has 3 N–H and O–H groups in total. The number of nitrogens with one attached hydrogen (secondary N) is 3. The second-order valence-corrected chi connectivity index (χ2v) is 8.78. The number of nitrogens with zero attached hydrogens (tertiary/aromatic N) is 5. The third-order valence-corrected chi connectivity index (χ3v) is 5.05. The molecule has 3 amide bonds. The van der Waals surface area contributed by atoms with Crippen LogP contribution in [0.2, 0.25) is 0 Å². The molecule has 1 saturated heterocycles. The largest absolute Gasteiger partial charge is 0.444 e. The number of fused-ring (bicyclic) bond motifs is 1. The highest BCUT2D eigenvalue weighted by molar-refractivity contribution is 5.91. The van der Waals surface area contributed by atoms with E-state index in [1.165, 1.54) is 0 Å². The fourth-order valence-electron chi connectivity index (χ4n) is 3.41. The van der Waals surface area contributed by atoms with Crippen molar-refractivity contribution in [1.29, 1.82) is 0 Å². The summed E-state index contributed by atoms with van der Waals surface area (Å²) >= 11 is 0. The van der Waals surface area contributed by atoms with Crippen molar-refractivity contribution in [3.63, 3.8) is 0 Å². The fraction of sp³-hybridized carbons (Fsp3) is 0.409. The van der Waals surface area contributed by atoms with Gasteiger partial charge in [-0.1, -0.05) is 0 Å². The van der Waals surface area contributed by atoms with Gasteiger partial charge in [0, 0.05) is 50.0 Å². The Balaban J connectivity index is 1.37. The maximum atomic E-state index is 12.3. The third kappa shape index (κ3) is 5.88. The predicted molar refractivity (Wildman–Crippen MR) is 124 cm³/mol. The van der Waals surface area contributed by atoms with E-state index in [0.717, 1.165) is 22.4 Å². The first kappa shape index (κ1) is 22.3. The van der Waals surface area contributed by atoms with Crippen LogP contribution in [0.1, 0.15) is 26.5 Å². The lowest BCUT2D eigenvalue weighted by Crippen LogP contribution is -2.50. The molecule has 0 atom stereocenters. The summed E-state index contributed by atoms with van der Waals surface area (Å²) in [6, 6.07) is 7.05. The fourth-order valence-corrected chi connectivity index (χ4v) is 3.41. The van der Waals surface area contributed by atoms with E-state index in [-0.39, 0.29) is 12.1 Å². The Morgan fingerprint density at radius 3 is 2.64 bits per heavy atom. The lowest BCUT2D eigenvalue weighted by atomic mass is 10.2. The number of amides is 3. The molecule has 0 aromatic carbocycles. The van der Waals surface area contributed by atoms with E-state index in [9.17, 15) is 9.59 Å². The van der Waals surface area contributed by atoms with Crippen LogP contribution in [0, 0.1) is 0 Å². The number of H-pyrrole nitrogens is 1. The zero-order valence-electron chi connectivity index (χ0n) is 19.0. The molecule has 11 nitrogen and oxygen atoms in total. The Morgan fingerprint density at radius 2 is 1.94 bits per heavy atom. The maximum absolute atomic E-state index is 12.3. The van der Waals surface area contributed by atoms with Crippen molar-refractivity contribution in [3.05, 3.63) is 42.4 Å². The summed E-state index contributed by atoms with van der Waals surface area (Å²) < 4.78 is 5.46. The van der Waals surface area contributed by atoms with Gasteiger partial charge < -0.3 is 19.9 Å². The van der Waals surface area contributed by atoms with Crippen LogP contribution in [0.3, 0.4) is 0 Å². The van der Waals surface area contributed by atoms with Gasteiger partial charge >= 0.3 is 12.1 Å². The second kappa shape index (κ2) is 9.31. The smallest absolute Gasteiger partial charge is 0.410 e. The molecule has 33 heavy (non-hydrogen) atoms. The van der Waals surface area contributed by atoms with Gasteiger partial charge in [0.05, 0.1) is 17.8 Å². The van der Waals surface area contributed by atoms with Crippen LogP contribution in [0.5, 0.6) is 0 Å². The molecular weight excluding hydrogens is 424 g/mol. The molecule has 1 fully saturated rings. The Morgan fingerprint density at radius 1 is 1.15 bits per heavy atom. The van der Waals surface area contributed by atoms with Crippen molar-refractivity contribution in [1.82, 2.24) is 30.4 Å². The van der Waals surface area contributed by atoms with E-state index in [0.29, 0.717) is 38.5 Å². The van der Waals surface area contributed by atoms with Gasteiger partial charge in [0.15, 0.2) is 0 Å². The van der Waals surface area contributed by atoms with Gasteiger partial charge in [0.2, 0.25) is 0 Å². The van der Waals surface area contributed by atoms with Crippen LogP contribution < -0.4 is 15.5 Å². The van der Waals surface area contributed by atoms with E-state index in [2.05, 4.69) is 30.7 Å². The van der Waals surface area contributed by atoms with E-state index < -0.39 is 5.60 Å². The van der Waals surface area contributed by atoms with Crippen molar-refractivity contribution < 1.29 is 14.3 Å². The van der Waals surface area contributed by atoms with Crippen LogP contribution >= 0.6 is 0 Å². The molecule has 0 bridgehead atoms. The molecule has 4 heterocycles. The minimum absolute atomic E-state index is 0.291. The van der Waals surface area contributed by atoms with Crippen LogP contribution in [0.15, 0.2) is 36.7 Å². The number of aromatic nitrogens is 4. The SMILES string of the molecule is CC(C)(C)OC(=O)N1CCN(c2ccc3cnc(NC(=O)NCc4ccn[nH]4)cc3n2)CC1. The zero-order chi connectivity index (χ0) is 23.4. The lowest BCUT2D eigenvalue weighted by Gasteiger charge is -2.36. The minimum Gasteiger partial charge on any atom is -0.444 e. The lowest BCUT2D eigenvalue weighted by molar-refractivity contribution is 0.0240. The van der Waals surface area contributed by atoms with Crippen LogP contribution in [-0.2, 0) is 11.3 Å². The number of piperazine rings is 1. The molecule has 3 aromatic rings. The highest BCUT2D eigenvalue weighted by Crippen LogP contribution is 2.21. The zero-order valence-corrected chi connectivity index (χ0v) is 19.0. The predicted octanol–water partition coefficient (Wildman–Crippen LogP) is 2.73. The molecule has 0 aliphatic carbocycles. The van der Waals surface area contributed by atoms with Gasteiger partial charge in [0.25, 0.3) is 0 Å². The number of hydrogen-bond donors (Lipinski definition) is 3. The molecule has 0 unspecified atom stereocenters. The average Bonchev–Trinajstić information content (AvgIpc) is 3.30. The molecule has 1 aliphatic heterocycles. The minimum atomic E-state index is -0.510. The van der Waals surface area contributed by atoms with Gasteiger partial charge in [-0.15, -0.1) is 0 Å². The number of carbonyl (C=O) groups is 2. The van der Waals surface area contributed by atoms with Gasteiger partial charge in [-0.25, -0.2) is 19.6 Å². The average molecular weight is 453 g/mol. The van der Waals surface area contributed by atoms with Crippen molar-refractivity contribution in [2.45, 2.75) is 32.9 Å². The number of carbonyl (C=O) groups excluding carboxylic acids is 2. The van der Waals surface area contributed by atoms with Gasteiger partial charge in [-0.2, -0.15) is 5.10 Å². The quantitative estimate of drug-likeness (QED) is 0.555. The Kier molecular flexibility index (Phi) is 6.29. The molecule has 0 spiro atoms. The van der Waals surface area contributed by atoms with Gasteiger partial charge in [-0.3, -0.25) is 10.4 Å². The number of urea groups is 1. The first-order valence-electron chi connectivity index (χ1n) is 10.8. The number of anilines is 2. The van der Waals surface area contributed by atoms with Crippen LogP contribution in [0.4, 0.5) is 21.2 Å². The van der Waals surface area contributed by atoms with E-state index in [1.54, 1.807) is 29.4 Å². The van der Waals surface area contributed by atoms with Gasteiger partial charge in [-0.05, 0) is 39.0 Å². The first-order chi connectivity index (χ1) is 15.8. The second-order valence-electron chi connectivity index (χ2n) is 8.78. The maximum Gasteiger partial charge on any atom is 0.410 e. The van der Waals surface area contributed by atoms with E-state index >= 15 is 0 Å². The van der Waals surface area contributed by atoms with Crippen molar-refractivity contribution in [3.8, 4) is 0 Å². The molecule has 1 aliphatic rings. The summed E-state index contributed by atoms with van der Waals surface area (Å²) in [5.74, 6) is 1.22. The topological polar surface area (TPSA) is 128 Å².